The first-order chi connectivity index (χ1) is 12.8. The lowest BCUT2D eigenvalue weighted by molar-refractivity contribution is -0.139. The highest BCUT2D eigenvalue weighted by Gasteiger charge is 2.21. The quantitative estimate of drug-likeness (QED) is 0.647. The Morgan fingerprint density at radius 1 is 1.22 bits per heavy atom. The van der Waals surface area contributed by atoms with Crippen LogP contribution in [0.3, 0.4) is 0 Å². The molecular weight excluding hydrogens is 348 g/mol. The number of carbonyl (C=O) groups is 3. The van der Waals surface area contributed by atoms with E-state index in [1.807, 2.05) is 0 Å². The minimum atomic E-state index is -1.05. The number of aliphatic carboxylic acids is 1. The van der Waals surface area contributed by atoms with Gasteiger partial charge in [-0.3, -0.25) is 9.59 Å². The van der Waals surface area contributed by atoms with E-state index in [0.29, 0.717) is 23.8 Å². The zero-order valence-electron chi connectivity index (χ0n) is 15.9. The average Bonchev–Trinajstić information content (AvgIpc) is 2.62. The predicted molar refractivity (Wildman–Crippen MR) is 102 cm³/mol. The summed E-state index contributed by atoms with van der Waals surface area (Å²) in [4.78, 5) is 35.1. The van der Waals surface area contributed by atoms with E-state index >= 15 is 0 Å². The fourth-order valence-electron chi connectivity index (χ4n) is 3.27. The van der Waals surface area contributed by atoms with Gasteiger partial charge in [-0.2, -0.15) is 0 Å². The van der Waals surface area contributed by atoms with Gasteiger partial charge in [-0.05, 0) is 56.4 Å². The minimum Gasteiger partial charge on any atom is -0.482 e. The van der Waals surface area contributed by atoms with Crippen molar-refractivity contribution in [3.8, 4) is 5.75 Å². The van der Waals surface area contributed by atoms with Gasteiger partial charge < -0.3 is 20.5 Å². The number of carboxylic acids is 1. The van der Waals surface area contributed by atoms with Gasteiger partial charge in [-0.15, -0.1) is 0 Å². The van der Waals surface area contributed by atoms with E-state index in [-0.39, 0.29) is 11.8 Å². The van der Waals surface area contributed by atoms with Gasteiger partial charge in [0, 0.05) is 12.1 Å². The number of aryl methyl sites for hydroxylation is 1. The molecule has 27 heavy (non-hydrogen) atoms. The van der Waals surface area contributed by atoms with Crippen LogP contribution in [0.15, 0.2) is 18.2 Å². The first-order valence-electron chi connectivity index (χ1n) is 9.40. The summed E-state index contributed by atoms with van der Waals surface area (Å²) in [5.74, 6) is -0.591. The van der Waals surface area contributed by atoms with Crippen molar-refractivity contribution in [1.29, 1.82) is 0 Å². The molecule has 1 fully saturated rings. The summed E-state index contributed by atoms with van der Waals surface area (Å²) >= 11 is 0. The fourth-order valence-corrected chi connectivity index (χ4v) is 3.27. The van der Waals surface area contributed by atoms with E-state index in [0.717, 1.165) is 18.4 Å². The molecule has 148 valence electrons. The van der Waals surface area contributed by atoms with Crippen molar-refractivity contribution in [2.75, 3.05) is 11.9 Å². The number of nitrogens with one attached hydrogen (secondary N) is 2. The molecular formula is C20H28N2O5. The smallest absolute Gasteiger partial charge is 0.341 e. The molecule has 1 aromatic carbocycles. The average molecular weight is 376 g/mol. The summed E-state index contributed by atoms with van der Waals surface area (Å²) in [5, 5.41) is 14.2. The molecule has 2 amide bonds. The van der Waals surface area contributed by atoms with E-state index in [1.165, 1.54) is 19.3 Å². The zero-order valence-corrected chi connectivity index (χ0v) is 15.9. The van der Waals surface area contributed by atoms with E-state index in [1.54, 1.807) is 32.0 Å². The van der Waals surface area contributed by atoms with Crippen LogP contribution >= 0.6 is 0 Å². The number of ether oxygens (including phenoxy) is 1. The highest BCUT2D eigenvalue weighted by molar-refractivity contribution is 5.97. The highest BCUT2D eigenvalue weighted by Crippen LogP contribution is 2.26. The van der Waals surface area contributed by atoms with Gasteiger partial charge in [0.05, 0.1) is 0 Å². The summed E-state index contributed by atoms with van der Waals surface area (Å²) in [6.07, 6.45) is 6.26. The molecule has 0 aliphatic heterocycles. The van der Waals surface area contributed by atoms with Crippen molar-refractivity contribution in [3.05, 3.63) is 23.8 Å². The molecule has 0 spiro atoms. The second kappa shape index (κ2) is 9.94. The number of amides is 2. The molecule has 1 aromatic rings. The first-order valence-corrected chi connectivity index (χ1v) is 9.40. The zero-order chi connectivity index (χ0) is 19.8. The third kappa shape index (κ3) is 6.92. The second-order valence-electron chi connectivity index (χ2n) is 7.15. The third-order valence-electron chi connectivity index (χ3n) is 4.79. The maximum absolute atomic E-state index is 12.4. The Balaban J connectivity index is 1.84. The van der Waals surface area contributed by atoms with Crippen LogP contribution in [0, 0.1) is 12.8 Å². The molecule has 1 aliphatic rings. The lowest BCUT2D eigenvalue weighted by Gasteiger charge is -2.22. The van der Waals surface area contributed by atoms with Crippen LogP contribution in [0.5, 0.6) is 5.75 Å². The predicted octanol–water partition coefficient (Wildman–Crippen LogP) is 2.87. The lowest BCUT2D eigenvalue weighted by Crippen LogP contribution is -2.42. The van der Waals surface area contributed by atoms with Gasteiger partial charge in [-0.25, -0.2) is 4.79 Å². The Bertz CT molecular complexity index is 683. The van der Waals surface area contributed by atoms with E-state index in [2.05, 4.69) is 10.6 Å². The topological polar surface area (TPSA) is 105 Å². The van der Waals surface area contributed by atoms with Crippen molar-refractivity contribution in [1.82, 2.24) is 5.32 Å². The first kappa shape index (κ1) is 20.7. The van der Waals surface area contributed by atoms with Crippen molar-refractivity contribution in [2.24, 2.45) is 5.92 Å². The number of carboxylic acid groups (broad SMARTS) is 1. The number of benzene rings is 1. The molecule has 0 saturated heterocycles. The number of rotatable bonds is 8. The molecule has 1 saturated carbocycles. The molecule has 7 heteroatoms. The molecule has 0 aromatic heterocycles. The second-order valence-corrected chi connectivity index (χ2v) is 7.15. The summed E-state index contributed by atoms with van der Waals surface area (Å²) in [6, 6.07) is 4.27. The number of carbonyl (C=O) groups excluding carboxylic acids is 2. The molecule has 0 bridgehead atoms. The molecule has 1 atom stereocenters. The van der Waals surface area contributed by atoms with Gasteiger partial charge in [0.1, 0.15) is 11.8 Å². The van der Waals surface area contributed by atoms with Crippen LogP contribution < -0.4 is 15.4 Å². The summed E-state index contributed by atoms with van der Waals surface area (Å²) in [5.41, 5.74) is 1.34. The maximum Gasteiger partial charge on any atom is 0.341 e. The maximum atomic E-state index is 12.4. The third-order valence-corrected chi connectivity index (χ3v) is 4.79. The largest absolute Gasteiger partial charge is 0.482 e. The Kier molecular flexibility index (Phi) is 7.64. The fraction of sp³-hybridized carbons (Fsp3) is 0.550. The van der Waals surface area contributed by atoms with E-state index in [4.69, 9.17) is 9.84 Å². The van der Waals surface area contributed by atoms with Crippen LogP contribution in [0.4, 0.5) is 5.69 Å². The molecule has 1 aliphatic carbocycles. The van der Waals surface area contributed by atoms with Crippen LogP contribution in [0.2, 0.25) is 0 Å². The molecule has 0 radical (unpaired) electrons. The Labute approximate surface area is 159 Å². The SMILES string of the molecule is Cc1cc(OCC(=O)O)ccc1NC(=O)C(C)NC(=O)CC1CCCCC1. The van der Waals surface area contributed by atoms with Gasteiger partial charge >= 0.3 is 5.97 Å². The number of hydrogen-bond acceptors (Lipinski definition) is 4. The molecule has 0 heterocycles. The van der Waals surface area contributed by atoms with Crippen LogP contribution in [0.25, 0.3) is 0 Å². The van der Waals surface area contributed by atoms with E-state index in [9.17, 15) is 14.4 Å². The molecule has 7 nitrogen and oxygen atoms in total. The molecule has 2 rings (SSSR count). The van der Waals surface area contributed by atoms with Crippen molar-refractivity contribution >= 4 is 23.5 Å². The number of hydrogen-bond donors (Lipinski definition) is 3. The highest BCUT2D eigenvalue weighted by atomic mass is 16.5. The van der Waals surface area contributed by atoms with E-state index < -0.39 is 18.6 Å². The van der Waals surface area contributed by atoms with Crippen molar-refractivity contribution in [2.45, 2.75) is 58.4 Å². The Morgan fingerprint density at radius 3 is 2.56 bits per heavy atom. The summed E-state index contributed by atoms with van der Waals surface area (Å²) in [6.45, 7) is 3.03. The summed E-state index contributed by atoms with van der Waals surface area (Å²) in [7, 11) is 0. The summed E-state index contributed by atoms with van der Waals surface area (Å²) < 4.78 is 5.11. The minimum absolute atomic E-state index is 0.0845. The Morgan fingerprint density at radius 2 is 1.93 bits per heavy atom. The standard InChI is InChI=1S/C20H28N2O5/c1-13-10-16(27-12-19(24)25)8-9-17(13)22-20(26)14(2)21-18(23)11-15-6-4-3-5-7-15/h8-10,14-15H,3-7,11-12H2,1-2H3,(H,21,23)(H,22,26)(H,24,25). The molecule has 3 N–H and O–H groups in total. The monoisotopic (exact) mass is 376 g/mol. The van der Waals surface area contributed by atoms with Gasteiger partial charge in [-0.1, -0.05) is 19.3 Å². The van der Waals surface area contributed by atoms with Crippen molar-refractivity contribution in [3.63, 3.8) is 0 Å². The van der Waals surface area contributed by atoms with Gasteiger partial charge in [0.2, 0.25) is 11.8 Å². The lowest BCUT2D eigenvalue weighted by atomic mass is 9.87. The number of anilines is 1. The van der Waals surface area contributed by atoms with Crippen molar-refractivity contribution < 1.29 is 24.2 Å². The van der Waals surface area contributed by atoms with Crippen LogP contribution in [-0.4, -0.2) is 35.5 Å². The normalized spacial score (nSPS) is 15.6. The van der Waals surface area contributed by atoms with Gasteiger partial charge in [0.15, 0.2) is 6.61 Å². The van der Waals surface area contributed by atoms with Gasteiger partial charge in [0.25, 0.3) is 0 Å². The van der Waals surface area contributed by atoms with Crippen LogP contribution in [0.1, 0.15) is 51.0 Å². The van der Waals surface area contributed by atoms with Crippen LogP contribution in [-0.2, 0) is 14.4 Å². The Hall–Kier alpha value is -2.57. The molecule has 1 unspecified atom stereocenters.